The average Bonchev–Trinajstić information content (AvgIpc) is 2.19. The van der Waals surface area contributed by atoms with Crippen LogP contribution in [0.5, 0.6) is 0 Å². The Bertz CT molecular complexity index is 240. The van der Waals surface area contributed by atoms with Crippen molar-refractivity contribution in [1.82, 2.24) is 4.90 Å². The smallest absolute Gasteiger partial charge is 0.230 e. The molecule has 0 aromatic rings. The van der Waals surface area contributed by atoms with Crippen LogP contribution < -0.4 is 0 Å². The molecule has 0 bridgehead atoms. The highest BCUT2D eigenvalue weighted by atomic mass is 32.2. The summed E-state index contributed by atoms with van der Waals surface area (Å²) in [6, 6.07) is 0. The summed E-state index contributed by atoms with van der Waals surface area (Å²) in [6.07, 6.45) is 6.22. The van der Waals surface area contributed by atoms with E-state index in [0.29, 0.717) is 0 Å². The zero-order chi connectivity index (χ0) is 10.6. The van der Waals surface area contributed by atoms with Crippen molar-refractivity contribution in [2.45, 2.75) is 12.8 Å². The van der Waals surface area contributed by atoms with Crippen molar-refractivity contribution in [2.24, 2.45) is 5.92 Å². The van der Waals surface area contributed by atoms with Crippen LogP contribution in [0, 0.1) is 5.92 Å². The van der Waals surface area contributed by atoms with Gasteiger partial charge in [0.1, 0.15) is 0 Å². The van der Waals surface area contributed by atoms with E-state index in [1.165, 1.54) is 4.91 Å². The van der Waals surface area contributed by atoms with Gasteiger partial charge in [0.2, 0.25) is 5.91 Å². The Hall–Kier alpha value is -0.0900. The third-order valence-electron chi connectivity index (χ3n) is 2.47. The minimum Gasteiger partial charge on any atom is -0.345 e. The van der Waals surface area contributed by atoms with Crippen LogP contribution in [0.15, 0.2) is 10.3 Å². The highest BCUT2D eigenvalue weighted by Gasteiger charge is 2.28. The molecule has 0 saturated carbocycles. The lowest BCUT2D eigenvalue weighted by Gasteiger charge is -2.30. The van der Waals surface area contributed by atoms with Gasteiger partial charge in [-0.2, -0.15) is 0 Å². The number of amides is 1. The van der Waals surface area contributed by atoms with Gasteiger partial charge in [0.05, 0.1) is 5.92 Å². The van der Waals surface area contributed by atoms with Gasteiger partial charge in [-0.05, 0) is 30.8 Å². The lowest BCUT2D eigenvalue weighted by atomic mass is 9.97. The maximum Gasteiger partial charge on any atom is 0.230 e. The van der Waals surface area contributed by atoms with E-state index in [-0.39, 0.29) is 11.8 Å². The van der Waals surface area contributed by atoms with Crippen LogP contribution in [-0.4, -0.2) is 36.9 Å². The third-order valence-corrected chi connectivity index (χ3v) is 3.99. The molecule has 0 aromatic heterocycles. The molecule has 1 unspecified atom stereocenters. The first-order chi connectivity index (χ1) is 6.70. The Morgan fingerprint density at radius 1 is 1.57 bits per heavy atom. The van der Waals surface area contributed by atoms with E-state index in [0.717, 1.165) is 19.4 Å². The number of piperidine rings is 1. The number of carbonyl (C=O) groups is 1. The molecule has 14 heavy (non-hydrogen) atoms. The molecule has 1 atom stereocenters. The van der Waals surface area contributed by atoms with Crippen LogP contribution in [0.25, 0.3) is 0 Å². The van der Waals surface area contributed by atoms with Gasteiger partial charge in [-0.3, -0.25) is 4.79 Å². The lowest BCUT2D eigenvalue weighted by molar-refractivity contribution is -0.135. The summed E-state index contributed by atoms with van der Waals surface area (Å²) < 4.78 is 0. The largest absolute Gasteiger partial charge is 0.345 e. The Labute approximate surface area is 94.5 Å². The normalized spacial score (nSPS) is 24.2. The van der Waals surface area contributed by atoms with Crippen molar-refractivity contribution >= 4 is 29.4 Å². The first-order valence-corrected chi connectivity index (χ1v) is 7.23. The Kier molecular flexibility index (Phi) is 4.89. The van der Waals surface area contributed by atoms with E-state index in [1.807, 2.05) is 24.5 Å². The topological polar surface area (TPSA) is 20.3 Å². The van der Waals surface area contributed by atoms with E-state index in [2.05, 4.69) is 5.41 Å². The Morgan fingerprint density at radius 3 is 2.86 bits per heavy atom. The Morgan fingerprint density at radius 2 is 2.29 bits per heavy atom. The molecule has 1 aliphatic heterocycles. The first kappa shape index (κ1) is 12.0. The number of rotatable bonds is 3. The number of carbonyl (C=O) groups excluding carboxylic acids is 1. The summed E-state index contributed by atoms with van der Waals surface area (Å²) in [4.78, 5) is 14.9. The van der Waals surface area contributed by atoms with Gasteiger partial charge in [-0.15, -0.1) is 23.5 Å². The predicted molar refractivity (Wildman–Crippen MR) is 65.5 cm³/mol. The maximum absolute atomic E-state index is 11.9. The van der Waals surface area contributed by atoms with Gasteiger partial charge < -0.3 is 4.90 Å². The highest BCUT2D eigenvalue weighted by molar-refractivity contribution is 8.05. The summed E-state index contributed by atoms with van der Waals surface area (Å²) in [7, 11) is 1.89. The van der Waals surface area contributed by atoms with Gasteiger partial charge in [0.15, 0.2) is 0 Å². The molecule has 0 N–H and O–H groups in total. The molecule has 1 aliphatic rings. The van der Waals surface area contributed by atoms with Crippen LogP contribution in [-0.2, 0) is 4.79 Å². The monoisotopic (exact) mass is 231 g/mol. The molecule has 0 radical (unpaired) electrons. The standard InChI is InChI=1S/C10H17NOS2/c1-11-6-4-5-8(10(11)12)9(14-3)7-13-2/h7-8H,4-6H2,1-3H3/b9-7+. The Balaban J connectivity index is 2.74. The third kappa shape index (κ3) is 2.70. The number of likely N-dealkylation sites (tertiary alicyclic amines) is 1. The van der Waals surface area contributed by atoms with Crippen LogP contribution in [0.3, 0.4) is 0 Å². The number of hydrogen-bond acceptors (Lipinski definition) is 3. The average molecular weight is 231 g/mol. The fraction of sp³-hybridized carbons (Fsp3) is 0.700. The van der Waals surface area contributed by atoms with Crippen molar-refractivity contribution in [2.75, 3.05) is 26.1 Å². The second kappa shape index (κ2) is 5.71. The molecule has 1 heterocycles. The predicted octanol–water partition coefficient (Wildman–Crippen LogP) is 2.42. The van der Waals surface area contributed by atoms with Crippen molar-refractivity contribution in [3.05, 3.63) is 10.3 Å². The van der Waals surface area contributed by atoms with E-state index >= 15 is 0 Å². The molecule has 80 valence electrons. The fourth-order valence-corrected chi connectivity index (χ4v) is 3.26. The van der Waals surface area contributed by atoms with E-state index < -0.39 is 0 Å². The number of hydrogen-bond donors (Lipinski definition) is 0. The van der Waals surface area contributed by atoms with E-state index in [4.69, 9.17) is 0 Å². The van der Waals surface area contributed by atoms with E-state index in [9.17, 15) is 4.79 Å². The van der Waals surface area contributed by atoms with Crippen LogP contribution in [0.1, 0.15) is 12.8 Å². The number of thioether (sulfide) groups is 2. The minimum atomic E-state index is 0.121. The molecular formula is C10H17NOS2. The van der Waals surface area contributed by atoms with Gasteiger partial charge in [0.25, 0.3) is 0 Å². The molecule has 4 heteroatoms. The van der Waals surface area contributed by atoms with Gasteiger partial charge in [0, 0.05) is 18.5 Å². The lowest BCUT2D eigenvalue weighted by Crippen LogP contribution is -2.38. The van der Waals surface area contributed by atoms with Crippen LogP contribution in [0.4, 0.5) is 0 Å². The summed E-state index contributed by atoms with van der Waals surface area (Å²) in [6.45, 7) is 0.913. The number of nitrogens with zero attached hydrogens (tertiary/aromatic N) is 1. The zero-order valence-electron chi connectivity index (χ0n) is 8.95. The van der Waals surface area contributed by atoms with Crippen molar-refractivity contribution < 1.29 is 4.79 Å². The molecular weight excluding hydrogens is 214 g/mol. The summed E-state index contributed by atoms with van der Waals surface area (Å²) in [5, 5.41) is 2.10. The van der Waals surface area contributed by atoms with Crippen molar-refractivity contribution in [3.63, 3.8) is 0 Å². The highest BCUT2D eigenvalue weighted by Crippen LogP contribution is 2.31. The summed E-state index contributed by atoms with van der Waals surface area (Å²) in [5.41, 5.74) is 0. The molecule has 0 spiro atoms. The molecule has 1 rings (SSSR count). The summed E-state index contributed by atoms with van der Waals surface area (Å²) in [5.74, 6) is 0.405. The first-order valence-electron chi connectivity index (χ1n) is 4.72. The zero-order valence-corrected chi connectivity index (χ0v) is 10.6. The van der Waals surface area contributed by atoms with Crippen LogP contribution >= 0.6 is 23.5 Å². The van der Waals surface area contributed by atoms with Gasteiger partial charge in [-0.1, -0.05) is 0 Å². The molecule has 2 nitrogen and oxygen atoms in total. The van der Waals surface area contributed by atoms with Gasteiger partial charge in [-0.25, -0.2) is 0 Å². The molecule has 1 amide bonds. The minimum absolute atomic E-state index is 0.121. The second-order valence-electron chi connectivity index (χ2n) is 3.41. The van der Waals surface area contributed by atoms with Gasteiger partial charge >= 0.3 is 0 Å². The van der Waals surface area contributed by atoms with Crippen molar-refractivity contribution in [3.8, 4) is 0 Å². The van der Waals surface area contributed by atoms with Crippen molar-refractivity contribution in [1.29, 1.82) is 0 Å². The second-order valence-corrected chi connectivity index (χ2v) is 5.00. The quantitative estimate of drug-likeness (QED) is 0.744. The molecule has 1 saturated heterocycles. The molecule has 0 aliphatic carbocycles. The SMILES string of the molecule is CS/C=C(/SC)C1CCCN(C)C1=O. The summed E-state index contributed by atoms with van der Waals surface area (Å²) >= 11 is 3.38. The fourth-order valence-electron chi connectivity index (χ4n) is 1.68. The molecule has 0 aromatic carbocycles. The van der Waals surface area contributed by atoms with Crippen LogP contribution in [0.2, 0.25) is 0 Å². The maximum atomic E-state index is 11.9. The van der Waals surface area contributed by atoms with E-state index in [1.54, 1.807) is 23.5 Å². The molecule has 1 fully saturated rings.